The van der Waals surface area contributed by atoms with E-state index in [-0.39, 0.29) is 0 Å². The molecule has 0 bridgehead atoms. The SMILES string of the molecule is N#Cc1ccc(CNCc2ccc(Br)c(Br)c2)cc1. The summed E-state index contributed by atoms with van der Waals surface area (Å²) in [6.45, 7) is 1.60. The third-order valence-electron chi connectivity index (χ3n) is 2.73. The molecule has 2 nitrogen and oxygen atoms in total. The number of benzene rings is 2. The van der Waals surface area contributed by atoms with Crippen LogP contribution in [0.3, 0.4) is 0 Å². The molecule has 0 aliphatic heterocycles. The lowest BCUT2D eigenvalue weighted by Crippen LogP contribution is -2.12. The smallest absolute Gasteiger partial charge is 0.0991 e. The zero-order valence-corrected chi connectivity index (χ0v) is 13.3. The molecule has 19 heavy (non-hydrogen) atoms. The van der Waals surface area contributed by atoms with Crippen molar-refractivity contribution >= 4 is 31.9 Å². The Balaban J connectivity index is 1.89. The summed E-state index contributed by atoms with van der Waals surface area (Å²) in [6, 6.07) is 16.0. The first kappa shape index (κ1) is 14.3. The van der Waals surface area contributed by atoms with Crippen LogP contribution in [0.2, 0.25) is 0 Å². The highest BCUT2D eigenvalue weighted by molar-refractivity contribution is 9.13. The summed E-state index contributed by atoms with van der Waals surface area (Å²) in [7, 11) is 0. The van der Waals surface area contributed by atoms with Gasteiger partial charge < -0.3 is 5.32 Å². The standard InChI is InChI=1S/C15H12Br2N2/c16-14-6-5-13(7-15(14)17)10-19-9-12-3-1-11(8-18)2-4-12/h1-7,19H,9-10H2. The highest BCUT2D eigenvalue weighted by Gasteiger charge is 1.99. The van der Waals surface area contributed by atoms with Crippen molar-refractivity contribution in [1.29, 1.82) is 5.26 Å². The van der Waals surface area contributed by atoms with E-state index in [1.54, 1.807) is 0 Å². The Bertz CT molecular complexity index is 601. The molecule has 0 saturated heterocycles. The van der Waals surface area contributed by atoms with Crippen molar-refractivity contribution < 1.29 is 0 Å². The minimum Gasteiger partial charge on any atom is -0.309 e. The molecule has 0 aliphatic carbocycles. The van der Waals surface area contributed by atoms with Crippen LogP contribution in [0.15, 0.2) is 51.4 Å². The molecule has 1 N–H and O–H groups in total. The first-order valence-electron chi connectivity index (χ1n) is 5.83. The zero-order chi connectivity index (χ0) is 13.7. The van der Waals surface area contributed by atoms with Gasteiger partial charge in [-0.05, 0) is 67.3 Å². The highest BCUT2D eigenvalue weighted by atomic mass is 79.9. The van der Waals surface area contributed by atoms with Crippen LogP contribution >= 0.6 is 31.9 Å². The Morgan fingerprint density at radius 1 is 0.895 bits per heavy atom. The van der Waals surface area contributed by atoms with E-state index in [2.05, 4.69) is 55.4 Å². The molecule has 0 heterocycles. The first-order valence-corrected chi connectivity index (χ1v) is 7.41. The van der Waals surface area contributed by atoms with E-state index in [1.165, 1.54) is 11.1 Å². The van der Waals surface area contributed by atoms with Crippen molar-refractivity contribution in [2.45, 2.75) is 13.1 Å². The maximum atomic E-state index is 8.73. The van der Waals surface area contributed by atoms with Crippen LogP contribution < -0.4 is 5.32 Å². The number of rotatable bonds is 4. The first-order chi connectivity index (χ1) is 9.19. The van der Waals surface area contributed by atoms with E-state index in [0.717, 1.165) is 22.0 Å². The second-order valence-corrected chi connectivity index (χ2v) is 5.87. The number of nitrogens with one attached hydrogen (secondary N) is 1. The third kappa shape index (κ3) is 4.17. The van der Waals surface area contributed by atoms with Crippen LogP contribution in [0.1, 0.15) is 16.7 Å². The van der Waals surface area contributed by atoms with Gasteiger partial charge >= 0.3 is 0 Å². The fourth-order valence-corrected chi connectivity index (χ4v) is 2.37. The van der Waals surface area contributed by atoms with E-state index >= 15 is 0 Å². The maximum absolute atomic E-state index is 8.73. The van der Waals surface area contributed by atoms with Gasteiger partial charge in [-0.1, -0.05) is 18.2 Å². The van der Waals surface area contributed by atoms with Gasteiger partial charge in [0, 0.05) is 22.0 Å². The molecule has 0 amide bonds. The van der Waals surface area contributed by atoms with Crippen LogP contribution in [-0.4, -0.2) is 0 Å². The number of nitrogens with zero attached hydrogens (tertiary/aromatic N) is 1. The fraction of sp³-hybridized carbons (Fsp3) is 0.133. The molecular formula is C15H12Br2N2. The van der Waals surface area contributed by atoms with Crippen LogP contribution in [0.4, 0.5) is 0 Å². The van der Waals surface area contributed by atoms with Gasteiger partial charge in [0.2, 0.25) is 0 Å². The second kappa shape index (κ2) is 6.85. The minimum atomic E-state index is 0.695. The highest BCUT2D eigenvalue weighted by Crippen LogP contribution is 2.23. The molecule has 4 heteroatoms. The summed E-state index contributed by atoms with van der Waals surface area (Å²) in [5.74, 6) is 0. The number of hydrogen-bond donors (Lipinski definition) is 1. The molecule has 0 radical (unpaired) electrons. The van der Waals surface area contributed by atoms with Crippen LogP contribution in [0, 0.1) is 11.3 Å². The van der Waals surface area contributed by atoms with Gasteiger partial charge in [0.1, 0.15) is 0 Å². The van der Waals surface area contributed by atoms with Crippen molar-refractivity contribution in [1.82, 2.24) is 5.32 Å². The summed E-state index contributed by atoms with van der Waals surface area (Å²) < 4.78 is 2.12. The summed E-state index contributed by atoms with van der Waals surface area (Å²) in [5, 5.41) is 12.1. The lowest BCUT2D eigenvalue weighted by Gasteiger charge is -2.06. The third-order valence-corrected chi connectivity index (χ3v) is 4.60. The molecule has 0 saturated carbocycles. The Morgan fingerprint density at radius 2 is 1.53 bits per heavy atom. The van der Waals surface area contributed by atoms with Crippen molar-refractivity contribution in [3.05, 3.63) is 68.1 Å². The normalized spacial score (nSPS) is 10.2. The van der Waals surface area contributed by atoms with Crippen molar-refractivity contribution in [2.75, 3.05) is 0 Å². The average Bonchev–Trinajstić information content (AvgIpc) is 2.43. The summed E-state index contributed by atoms with van der Waals surface area (Å²) in [6.07, 6.45) is 0. The number of nitriles is 1. The van der Waals surface area contributed by atoms with E-state index in [9.17, 15) is 0 Å². The van der Waals surface area contributed by atoms with Gasteiger partial charge in [-0.3, -0.25) is 0 Å². The average molecular weight is 380 g/mol. The molecule has 2 aromatic rings. The molecule has 0 spiro atoms. The van der Waals surface area contributed by atoms with Crippen LogP contribution in [0.25, 0.3) is 0 Å². The number of hydrogen-bond acceptors (Lipinski definition) is 2. The van der Waals surface area contributed by atoms with E-state index in [0.29, 0.717) is 5.56 Å². The molecule has 0 atom stereocenters. The monoisotopic (exact) mass is 378 g/mol. The van der Waals surface area contributed by atoms with Crippen molar-refractivity contribution in [2.24, 2.45) is 0 Å². The molecule has 96 valence electrons. The Hall–Kier alpha value is -1.15. The molecule has 0 unspecified atom stereocenters. The van der Waals surface area contributed by atoms with Gasteiger partial charge in [-0.2, -0.15) is 5.26 Å². The Morgan fingerprint density at radius 3 is 2.16 bits per heavy atom. The van der Waals surface area contributed by atoms with Crippen molar-refractivity contribution in [3.63, 3.8) is 0 Å². The van der Waals surface area contributed by atoms with Gasteiger partial charge in [-0.15, -0.1) is 0 Å². The molecule has 2 aromatic carbocycles. The summed E-state index contributed by atoms with van der Waals surface area (Å²) in [5.41, 5.74) is 3.10. The molecule has 0 fully saturated rings. The zero-order valence-electron chi connectivity index (χ0n) is 10.2. The van der Waals surface area contributed by atoms with Gasteiger partial charge in [-0.25, -0.2) is 0 Å². The Kier molecular flexibility index (Phi) is 5.15. The van der Waals surface area contributed by atoms with Gasteiger partial charge in [0.15, 0.2) is 0 Å². The molecule has 2 rings (SSSR count). The van der Waals surface area contributed by atoms with Crippen LogP contribution in [0.5, 0.6) is 0 Å². The Labute approximate surface area is 129 Å². The van der Waals surface area contributed by atoms with E-state index in [1.807, 2.05) is 30.3 Å². The molecular weight excluding hydrogens is 368 g/mol. The van der Waals surface area contributed by atoms with Crippen molar-refractivity contribution in [3.8, 4) is 6.07 Å². The van der Waals surface area contributed by atoms with E-state index in [4.69, 9.17) is 5.26 Å². The predicted molar refractivity (Wildman–Crippen MR) is 83.5 cm³/mol. The summed E-state index contributed by atoms with van der Waals surface area (Å²) in [4.78, 5) is 0. The maximum Gasteiger partial charge on any atom is 0.0991 e. The molecule has 0 aliphatic rings. The minimum absolute atomic E-state index is 0.695. The lowest BCUT2D eigenvalue weighted by atomic mass is 10.1. The fourth-order valence-electron chi connectivity index (χ4n) is 1.70. The second-order valence-electron chi connectivity index (χ2n) is 4.16. The number of halogens is 2. The quantitative estimate of drug-likeness (QED) is 0.855. The van der Waals surface area contributed by atoms with Crippen LogP contribution in [-0.2, 0) is 13.1 Å². The largest absolute Gasteiger partial charge is 0.309 e. The predicted octanol–water partition coefficient (Wildman–Crippen LogP) is 4.37. The van der Waals surface area contributed by atoms with Gasteiger partial charge in [0.25, 0.3) is 0 Å². The van der Waals surface area contributed by atoms with E-state index < -0.39 is 0 Å². The summed E-state index contributed by atoms with van der Waals surface area (Å²) >= 11 is 6.95. The van der Waals surface area contributed by atoms with Gasteiger partial charge in [0.05, 0.1) is 11.6 Å². The lowest BCUT2D eigenvalue weighted by molar-refractivity contribution is 0.693. The molecule has 0 aromatic heterocycles. The topological polar surface area (TPSA) is 35.8 Å².